The fourth-order valence-corrected chi connectivity index (χ4v) is 11.0. The molecule has 4 heteroatoms. The van der Waals surface area contributed by atoms with Crippen LogP contribution in [0, 0.1) is 0 Å². The zero-order valence-corrected chi connectivity index (χ0v) is 31.6. The average molecular weight is 747 g/mol. The van der Waals surface area contributed by atoms with Gasteiger partial charge in [0.2, 0.25) is 0 Å². The largest absolute Gasteiger partial charge is 0.309 e. The standard InChI is InChI=1S/C55H30N4/c1-2-15-35(16-3-1)57-46-23-9-8-18-38(46)42-27-34(24-25-47(42)57)37-19-10-21-40-44-28-33-14-6-7-17-36(33)50-45-30-49-51(56-55(45)59(52(37)40)54(44)50)41-22-11-20-39-43-26-31-12-4-5-13-32(31)29-48(43)58(49)53(39)41/h1-30H. The van der Waals surface area contributed by atoms with Crippen molar-refractivity contribution in [3.8, 4) is 16.8 Å². The van der Waals surface area contributed by atoms with E-state index in [9.17, 15) is 0 Å². The molecule has 0 radical (unpaired) electrons. The first-order valence-corrected chi connectivity index (χ1v) is 20.4. The van der Waals surface area contributed by atoms with E-state index in [4.69, 9.17) is 4.98 Å². The van der Waals surface area contributed by atoms with E-state index in [0.29, 0.717) is 0 Å². The predicted octanol–water partition coefficient (Wildman–Crippen LogP) is 14.5. The molecule has 0 fully saturated rings. The normalized spacial score (nSPS) is 12.7. The SMILES string of the molecule is c1ccc(-n2c3ccccc3c3cc(-c4cccc5c6cc7ccccc7c7c8cc9c(nc8n(c45)c67)c4cccc5c6cc7ccccc7cc6n9c54)ccc32)cc1. The maximum atomic E-state index is 5.79. The number of benzene rings is 9. The summed E-state index contributed by atoms with van der Waals surface area (Å²) in [5.41, 5.74) is 14.1. The fraction of sp³-hybridized carbons (Fsp3) is 0. The van der Waals surface area contributed by atoms with Gasteiger partial charge in [0.1, 0.15) is 5.65 Å². The maximum Gasteiger partial charge on any atom is 0.146 e. The third kappa shape index (κ3) is 3.65. The highest BCUT2D eigenvalue weighted by atomic mass is 15.0. The van der Waals surface area contributed by atoms with E-state index in [-0.39, 0.29) is 0 Å². The number of aromatic nitrogens is 4. The van der Waals surface area contributed by atoms with Gasteiger partial charge in [-0.3, -0.25) is 4.40 Å². The van der Waals surface area contributed by atoms with Crippen molar-refractivity contribution in [3.63, 3.8) is 0 Å². The Hall–Kier alpha value is -7.95. The summed E-state index contributed by atoms with van der Waals surface area (Å²) in [7, 11) is 0. The van der Waals surface area contributed by atoms with E-state index in [1.54, 1.807) is 0 Å². The van der Waals surface area contributed by atoms with Gasteiger partial charge < -0.3 is 8.97 Å². The molecule has 0 amide bonds. The van der Waals surface area contributed by atoms with E-state index >= 15 is 0 Å². The molecular weight excluding hydrogens is 717 g/mol. The molecule has 0 aliphatic rings. The van der Waals surface area contributed by atoms with Crippen LogP contribution < -0.4 is 0 Å². The molecule has 4 nitrogen and oxygen atoms in total. The lowest BCUT2D eigenvalue weighted by atomic mass is 9.98. The topological polar surface area (TPSA) is 26.6 Å². The average Bonchev–Trinajstić information content (AvgIpc) is 4.07. The third-order valence-corrected chi connectivity index (χ3v) is 13.4. The summed E-state index contributed by atoms with van der Waals surface area (Å²) in [6.07, 6.45) is 0. The molecular formula is C55H30N4. The minimum atomic E-state index is 1.00. The molecule has 6 aromatic heterocycles. The highest BCUT2D eigenvalue weighted by Crippen LogP contribution is 2.48. The molecule has 270 valence electrons. The first-order chi connectivity index (χ1) is 29.3. The molecule has 0 bridgehead atoms. The molecule has 0 unspecified atom stereocenters. The number of para-hydroxylation sites is 4. The molecule has 0 saturated carbocycles. The van der Waals surface area contributed by atoms with Crippen LogP contribution in [-0.4, -0.2) is 18.4 Å². The molecule has 15 aromatic rings. The third-order valence-electron chi connectivity index (χ3n) is 13.4. The van der Waals surface area contributed by atoms with Crippen LogP contribution in [0.3, 0.4) is 0 Å². The zero-order chi connectivity index (χ0) is 38.1. The van der Waals surface area contributed by atoms with E-state index in [1.807, 2.05) is 0 Å². The lowest BCUT2D eigenvalue weighted by Gasteiger charge is -2.09. The lowest BCUT2D eigenvalue weighted by Crippen LogP contribution is -1.93. The number of hydrogen-bond acceptors (Lipinski definition) is 1. The molecule has 6 heterocycles. The van der Waals surface area contributed by atoms with Gasteiger partial charge in [-0.05, 0) is 81.7 Å². The van der Waals surface area contributed by atoms with Crippen molar-refractivity contribution in [2.24, 2.45) is 0 Å². The zero-order valence-electron chi connectivity index (χ0n) is 31.6. The van der Waals surface area contributed by atoms with Crippen LogP contribution in [0.1, 0.15) is 0 Å². The Morgan fingerprint density at radius 2 is 1.00 bits per heavy atom. The minimum absolute atomic E-state index is 1.00. The predicted molar refractivity (Wildman–Crippen MR) is 248 cm³/mol. The Morgan fingerprint density at radius 1 is 0.339 bits per heavy atom. The maximum absolute atomic E-state index is 5.79. The highest BCUT2D eigenvalue weighted by Gasteiger charge is 2.26. The Kier molecular flexibility index (Phi) is 5.38. The van der Waals surface area contributed by atoms with Crippen molar-refractivity contribution in [1.29, 1.82) is 0 Å². The molecule has 0 aliphatic heterocycles. The van der Waals surface area contributed by atoms with Gasteiger partial charge in [-0.1, -0.05) is 127 Å². The quantitative estimate of drug-likeness (QED) is 0.173. The second-order valence-electron chi connectivity index (χ2n) is 16.3. The van der Waals surface area contributed by atoms with Gasteiger partial charge in [-0.25, -0.2) is 4.98 Å². The van der Waals surface area contributed by atoms with Crippen molar-refractivity contribution in [2.75, 3.05) is 0 Å². The van der Waals surface area contributed by atoms with Gasteiger partial charge >= 0.3 is 0 Å². The monoisotopic (exact) mass is 746 g/mol. The molecule has 0 saturated heterocycles. The Labute approximate surface area is 335 Å². The van der Waals surface area contributed by atoms with E-state index in [1.165, 1.54) is 114 Å². The van der Waals surface area contributed by atoms with Crippen molar-refractivity contribution >= 4 is 120 Å². The van der Waals surface area contributed by atoms with Gasteiger partial charge in [-0.2, -0.15) is 0 Å². The summed E-state index contributed by atoms with van der Waals surface area (Å²) in [4.78, 5) is 5.79. The Morgan fingerprint density at radius 3 is 1.88 bits per heavy atom. The van der Waals surface area contributed by atoms with Gasteiger partial charge in [0.25, 0.3) is 0 Å². The lowest BCUT2D eigenvalue weighted by molar-refractivity contribution is 1.18. The van der Waals surface area contributed by atoms with E-state index in [0.717, 1.165) is 22.4 Å². The second kappa shape index (κ2) is 10.5. The summed E-state index contributed by atoms with van der Waals surface area (Å²) in [5.74, 6) is 0. The molecule has 9 aromatic carbocycles. The number of nitrogens with zero attached hydrogens (tertiary/aromatic N) is 4. The summed E-state index contributed by atoms with van der Waals surface area (Å²) in [6.45, 7) is 0. The summed E-state index contributed by atoms with van der Waals surface area (Å²) < 4.78 is 7.37. The Bertz CT molecular complexity index is 4300. The van der Waals surface area contributed by atoms with Gasteiger partial charge in [-0.15, -0.1) is 0 Å². The smallest absolute Gasteiger partial charge is 0.146 e. The second-order valence-corrected chi connectivity index (χ2v) is 16.3. The molecule has 0 N–H and O–H groups in total. The Balaban J connectivity index is 1.10. The van der Waals surface area contributed by atoms with Crippen molar-refractivity contribution in [1.82, 2.24) is 18.4 Å². The summed E-state index contributed by atoms with van der Waals surface area (Å²) in [6, 6.07) is 67.2. The van der Waals surface area contributed by atoms with Crippen molar-refractivity contribution < 1.29 is 0 Å². The number of fused-ring (bicyclic) bond motifs is 18. The highest BCUT2D eigenvalue weighted by molar-refractivity contribution is 6.34. The number of hydrogen-bond donors (Lipinski definition) is 0. The van der Waals surface area contributed by atoms with Crippen molar-refractivity contribution in [2.45, 2.75) is 0 Å². The van der Waals surface area contributed by atoms with Gasteiger partial charge in [0.05, 0.1) is 44.1 Å². The minimum Gasteiger partial charge on any atom is -0.309 e. The van der Waals surface area contributed by atoms with Crippen LogP contribution in [0.2, 0.25) is 0 Å². The van der Waals surface area contributed by atoms with Crippen molar-refractivity contribution in [3.05, 3.63) is 182 Å². The summed E-state index contributed by atoms with van der Waals surface area (Å²) in [5, 5.41) is 16.2. The van der Waals surface area contributed by atoms with Crippen LogP contribution in [0.15, 0.2) is 182 Å². The number of pyridine rings is 1. The molecule has 15 rings (SSSR count). The fourth-order valence-electron chi connectivity index (χ4n) is 11.0. The van der Waals surface area contributed by atoms with Crippen LogP contribution >= 0.6 is 0 Å². The summed E-state index contributed by atoms with van der Waals surface area (Å²) >= 11 is 0. The molecule has 0 spiro atoms. The molecule has 0 atom stereocenters. The van der Waals surface area contributed by atoms with Crippen LogP contribution in [0.25, 0.3) is 137 Å². The van der Waals surface area contributed by atoms with Gasteiger partial charge in [0.15, 0.2) is 0 Å². The van der Waals surface area contributed by atoms with E-state index in [2.05, 4.69) is 195 Å². The number of rotatable bonds is 2. The first-order valence-electron chi connectivity index (χ1n) is 20.4. The van der Waals surface area contributed by atoms with Crippen LogP contribution in [0.4, 0.5) is 0 Å². The van der Waals surface area contributed by atoms with Gasteiger partial charge in [0, 0.05) is 59.7 Å². The van der Waals surface area contributed by atoms with E-state index < -0.39 is 0 Å². The van der Waals surface area contributed by atoms with Crippen LogP contribution in [0.5, 0.6) is 0 Å². The molecule has 0 aliphatic carbocycles. The van der Waals surface area contributed by atoms with Crippen LogP contribution in [-0.2, 0) is 0 Å². The first kappa shape index (κ1) is 30.2. The molecule has 59 heavy (non-hydrogen) atoms.